The molecular formula is C13H11Br2FN2. The van der Waals surface area contributed by atoms with Gasteiger partial charge < -0.3 is 5.32 Å². The van der Waals surface area contributed by atoms with E-state index in [2.05, 4.69) is 42.2 Å². The molecule has 0 amide bonds. The molecule has 0 fully saturated rings. The molecule has 2 aromatic rings. The van der Waals surface area contributed by atoms with Crippen LogP contribution in [0.5, 0.6) is 0 Å². The summed E-state index contributed by atoms with van der Waals surface area (Å²) in [6.45, 7) is 1.91. The van der Waals surface area contributed by atoms with Crippen LogP contribution in [-0.4, -0.2) is 4.98 Å². The first kappa shape index (κ1) is 13.5. The van der Waals surface area contributed by atoms with E-state index in [0.717, 1.165) is 10.2 Å². The summed E-state index contributed by atoms with van der Waals surface area (Å²) >= 11 is 6.70. The molecule has 0 aliphatic heterocycles. The third-order valence-electron chi connectivity index (χ3n) is 2.56. The van der Waals surface area contributed by atoms with E-state index in [0.29, 0.717) is 10.2 Å². The Labute approximate surface area is 122 Å². The minimum Gasteiger partial charge on any atom is -0.376 e. The highest BCUT2D eigenvalue weighted by Crippen LogP contribution is 2.27. The van der Waals surface area contributed by atoms with Crippen LogP contribution in [0.15, 0.2) is 45.6 Å². The zero-order valence-electron chi connectivity index (χ0n) is 9.62. The molecule has 0 aliphatic rings. The molecule has 1 heterocycles. The van der Waals surface area contributed by atoms with Crippen molar-refractivity contribution in [2.75, 3.05) is 5.32 Å². The number of nitrogens with one attached hydrogen (secondary N) is 1. The highest BCUT2D eigenvalue weighted by atomic mass is 79.9. The van der Waals surface area contributed by atoms with Crippen LogP contribution in [0.4, 0.5) is 10.1 Å². The normalized spacial score (nSPS) is 12.2. The Balaban J connectivity index is 2.25. The molecular weight excluding hydrogens is 363 g/mol. The first-order valence-corrected chi connectivity index (χ1v) is 6.98. The SMILES string of the molecule is CC(Nc1cccnc1Br)c1cc(Br)ccc1F. The molecule has 1 atom stereocenters. The number of nitrogens with zero attached hydrogens (tertiary/aromatic N) is 1. The zero-order valence-corrected chi connectivity index (χ0v) is 12.8. The lowest BCUT2D eigenvalue weighted by atomic mass is 10.1. The summed E-state index contributed by atoms with van der Waals surface area (Å²) in [5.41, 5.74) is 1.45. The first-order chi connectivity index (χ1) is 8.58. The molecule has 1 aromatic carbocycles. The zero-order chi connectivity index (χ0) is 13.1. The Bertz CT molecular complexity index is 560. The number of aromatic nitrogens is 1. The van der Waals surface area contributed by atoms with Gasteiger partial charge in [0, 0.05) is 16.2 Å². The molecule has 2 nitrogen and oxygen atoms in total. The summed E-state index contributed by atoms with van der Waals surface area (Å²) in [7, 11) is 0. The van der Waals surface area contributed by atoms with Gasteiger partial charge in [0.05, 0.1) is 11.7 Å². The van der Waals surface area contributed by atoms with Gasteiger partial charge in [-0.1, -0.05) is 15.9 Å². The maximum atomic E-state index is 13.7. The fourth-order valence-electron chi connectivity index (χ4n) is 1.65. The molecule has 1 N–H and O–H groups in total. The van der Waals surface area contributed by atoms with E-state index in [1.54, 1.807) is 18.3 Å². The quantitative estimate of drug-likeness (QED) is 0.772. The molecule has 5 heteroatoms. The van der Waals surface area contributed by atoms with E-state index in [4.69, 9.17) is 0 Å². The average Bonchev–Trinajstić information content (AvgIpc) is 2.35. The van der Waals surface area contributed by atoms with Crippen LogP contribution >= 0.6 is 31.9 Å². The van der Waals surface area contributed by atoms with Crippen molar-refractivity contribution in [2.24, 2.45) is 0 Å². The van der Waals surface area contributed by atoms with Gasteiger partial charge in [-0.3, -0.25) is 0 Å². The van der Waals surface area contributed by atoms with Gasteiger partial charge in [0.25, 0.3) is 0 Å². The van der Waals surface area contributed by atoms with Gasteiger partial charge in [-0.05, 0) is 53.2 Å². The Morgan fingerprint density at radius 3 is 2.78 bits per heavy atom. The Morgan fingerprint density at radius 2 is 2.06 bits per heavy atom. The van der Waals surface area contributed by atoms with Crippen molar-refractivity contribution in [3.63, 3.8) is 0 Å². The van der Waals surface area contributed by atoms with Crippen molar-refractivity contribution < 1.29 is 4.39 Å². The maximum absolute atomic E-state index is 13.7. The fourth-order valence-corrected chi connectivity index (χ4v) is 2.39. The number of pyridine rings is 1. The standard InChI is InChI=1S/C13H11Br2FN2/c1-8(10-7-9(14)4-5-11(10)16)18-12-3-2-6-17-13(12)15/h2-8,18H,1H3. The van der Waals surface area contributed by atoms with Crippen LogP contribution in [-0.2, 0) is 0 Å². The second-order valence-corrected chi connectivity index (χ2v) is 5.54. The van der Waals surface area contributed by atoms with E-state index in [-0.39, 0.29) is 11.9 Å². The molecule has 0 bridgehead atoms. The minimum atomic E-state index is -0.224. The average molecular weight is 374 g/mol. The predicted molar refractivity (Wildman–Crippen MR) is 78.1 cm³/mol. The van der Waals surface area contributed by atoms with E-state index < -0.39 is 0 Å². The van der Waals surface area contributed by atoms with Crippen LogP contribution < -0.4 is 5.32 Å². The monoisotopic (exact) mass is 372 g/mol. The summed E-state index contributed by atoms with van der Waals surface area (Å²) in [5, 5.41) is 3.22. The Kier molecular flexibility index (Phi) is 4.35. The molecule has 0 saturated heterocycles. The summed E-state index contributed by atoms with van der Waals surface area (Å²) in [4.78, 5) is 4.12. The summed E-state index contributed by atoms with van der Waals surface area (Å²) in [6, 6.07) is 8.49. The van der Waals surface area contributed by atoms with E-state index in [1.165, 1.54) is 6.07 Å². The van der Waals surface area contributed by atoms with Gasteiger partial charge in [-0.15, -0.1) is 0 Å². The second kappa shape index (κ2) is 5.80. The van der Waals surface area contributed by atoms with Crippen molar-refractivity contribution in [2.45, 2.75) is 13.0 Å². The van der Waals surface area contributed by atoms with Crippen LogP contribution in [0.25, 0.3) is 0 Å². The van der Waals surface area contributed by atoms with Gasteiger partial charge in [0.2, 0.25) is 0 Å². The number of benzene rings is 1. The number of hydrogen-bond donors (Lipinski definition) is 1. The summed E-state index contributed by atoms with van der Waals surface area (Å²) in [5.74, 6) is -0.224. The first-order valence-electron chi connectivity index (χ1n) is 5.40. The molecule has 0 aliphatic carbocycles. The van der Waals surface area contributed by atoms with Crippen molar-refractivity contribution in [1.82, 2.24) is 4.98 Å². The van der Waals surface area contributed by atoms with Crippen molar-refractivity contribution in [1.29, 1.82) is 0 Å². The smallest absolute Gasteiger partial charge is 0.129 e. The molecule has 0 spiro atoms. The largest absolute Gasteiger partial charge is 0.376 e. The predicted octanol–water partition coefficient (Wildman–Crippen LogP) is 4.92. The number of hydrogen-bond acceptors (Lipinski definition) is 2. The van der Waals surface area contributed by atoms with Crippen molar-refractivity contribution in [3.8, 4) is 0 Å². The highest BCUT2D eigenvalue weighted by molar-refractivity contribution is 9.10. The van der Waals surface area contributed by atoms with Crippen molar-refractivity contribution in [3.05, 3.63) is 57.0 Å². The van der Waals surface area contributed by atoms with Crippen LogP contribution in [0.2, 0.25) is 0 Å². The Morgan fingerprint density at radius 1 is 1.28 bits per heavy atom. The fraction of sp³-hybridized carbons (Fsp3) is 0.154. The van der Waals surface area contributed by atoms with E-state index in [1.807, 2.05) is 19.1 Å². The molecule has 94 valence electrons. The molecule has 2 rings (SSSR count). The number of anilines is 1. The van der Waals surface area contributed by atoms with Gasteiger partial charge in [-0.2, -0.15) is 0 Å². The second-order valence-electron chi connectivity index (χ2n) is 3.87. The lowest BCUT2D eigenvalue weighted by Crippen LogP contribution is -2.09. The van der Waals surface area contributed by atoms with Crippen molar-refractivity contribution >= 4 is 37.5 Å². The Hall–Kier alpha value is -0.940. The van der Waals surface area contributed by atoms with Gasteiger partial charge >= 0.3 is 0 Å². The lowest BCUT2D eigenvalue weighted by molar-refractivity contribution is 0.600. The lowest BCUT2D eigenvalue weighted by Gasteiger charge is -2.17. The molecule has 0 radical (unpaired) electrons. The third-order valence-corrected chi connectivity index (χ3v) is 3.68. The molecule has 1 unspecified atom stereocenters. The van der Waals surface area contributed by atoms with Gasteiger partial charge in [0.1, 0.15) is 10.4 Å². The molecule has 0 saturated carbocycles. The topological polar surface area (TPSA) is 24.9 Å². The number of rotatable bonds is 3. The van der Waals surface area contributed by atoms with E-state index >= 15 is 0 Å². The van der Waals surface area contributed by atoms with Gasteiger partial charge in [0.15, 0.2) is 0 Å². The van der Waals surface area contributed by atoms with Crippen LogP contribution in [0.3, 0.4) is 0 Å². The highest BCUT2D eigenvalue weighted by Gasteiger charge is 2.12. The summed E-state index contributed by atoms with van der Waals surface area (Å²) < 4.78 is 15.3. The molecule has 18 heavy (non-hydrogen) atoms. The number of halogens is 3. The van der Waals surface area contributed by atoms with Crippen LogP contribution in [0, 0.1) is 5.82 Å². The van der Waals surface area contributed by atoms with Crippen LogP contribution in [0.1, 0.15) is 18.5 Å². The van der Waals surface area contributed by atoms with E-state index in [9.17, 15) is 4.39 Å². The summed E-state index contributed by atoms with van der Waals surface area (Å²) in [6.07, 6.45) is 1.69. The maximum Gasteiger partial charge on any atom is 0.129 e. The van der Waals surface area contributed by atoms with Gasteiger partial charge in [-0.25, -0.2) is 9.37 Å². The third kappa shape index (κ3) is 3.09. The minimum absolute atomic E-state index is 0.150. The molecule has 1 aromatic heterocycles.